The molecule has 0 aliphatic rings. The highest BCUT2D eigenvalue weighted by Gasteiger charge is 2.28. The van der Waals surface area contributed by atoms with Gasteiger partial charge in [-0.25, -0.2) is 0 Å². The van der Waals surface area contributed by atoms with Gasteiger partial charge in [0, 0.05) is 0 Å². The highest BCUT2D eigenvalue weighted by molar-refractivity contribution is 5.80. The Morgan fingerprint density at radius 1 is 0.455 bits per heavy atom. The molecule has 4 atom stereocenters. The zero-order valence-corrected chi connectivity index (χ0v) is 36.4. The van der Waals surface area contributed by atoms with Gasteiger partial charge in [-0.2, -0.15) is 0 Å². The van der Waals surface area contributed by atoms with Gasteiger partial charge in [0.1, 0.15) is 12.2 Å². The molecule has 0 fully saturated rings. The van der Waals surface area contributed by atoms with Crippen molar-refractivity contribution in [3.63, 3.8) is 0 Å². The molecule has 324 valence electrons. The van der Waals surface area contributed by atoms with Crippen LogP contribution in [-0.4, -0.2) is 57.3 Å². The lowest BCUT2D eigenvalue weighted by Gasteiger charge is -2.27. The largest absolute Gasteiger partial charge is 0.394 e. The van der Waals surface area contributed by atoms with Gasteiger partial charge in [-0.05, 0) is 64.2 Å². The van der Waals surface area contributed by atoms with E-state index < -0.39 is 36.9 Å². The van der Waals surface area contributed by atoms with E-state index in [1.54, 1.807) is 0 Å². The van der Waals surface area contributed by atoms with Gasteiger partial charge in [0.2, 0.25) is 5.91 Å². The van der Waals surface area contributed by atoms with E-state index in [-0.39, 0.29) is 0 Å². The molecule has 55 heavy (non-hydrogen) atoms. The van der Waals surface area contributed by atoms with Crippen LogP contribution >= 0.6 is 0 Å². The second kappa shape index (κ2) is 43.6. The van der Waals surface area contributed by atoms with Crippen LogP contribution in [0.5, 0.6) is 0 Å². The lowest BCUT2D eigenvalue weighted by Crippen LogP contribution is -2.53. The smallest absolute Gasteiger partial charge is 0.249 e. The zero-order valence-electron chi connectivity index (χ0n) is 36.4. The monoisotopic (exact) mass is 776 g/mol. The SMILES string of the molecule is CCCCC/C=C\C=C/CCCCCCCC(O)C(=O)NC(CO)C(O)C(O)CCC/C=C/CCCCCCCCCCCCCCCCCCCCCC. The second-order valence-corrected chi connectivity index (χ2v) is 16.5. The second-order valence-electron chi connectivity index (χ2n) is 16.5. The van der Waals surface area contributed by atoms with E-state index in [9.17, 15) is 25.2 Å². The number of unbranched alkanes of at least 4 members (excludes halogenated alkanes) is 29. The van der Waals surface area contributed by atoms with Crippen LogP contribution in [0.1, 0.15) is 239 Å². The Kier molecular flexibility index (Phi) is 42.5. The number of aliphatic hydroxyl groups excluding tert-OH is 4. The molecule has 0 aromatic heterocycles. The van der Waals surface area contributed by atoms with Crippen molar-refractivity contribution in [2.24, 2.45) is 0 Å². The first kappa shape index (κ1) is 53.5. The number of carbonyl (C=O) groups excluding carboxylic acids is 1. The molecule has 4 unspecified atom stereocenters. The van der Waals surface area contributed by atoms with Crippen LogP contribution in [0, 0.1) is 0 Å². The van der Waals surface area contributed by atoms with Crippen LogP contribution in [0.2, 0.25) is 0 Å². The van der Waals surface area contributed by atoms with E-state index >= 15 is 0 Å². The fraction of sp³-hybridized carbons (Fsp3) is 0.857. The first-order valence-electron chi connectivity index (χ1n) is 23.9. The van der Waals surface area contributed by atoms with E-state index in [2.05, 4.69) is 55.6 Å². The summed E-state index contributed by atoms with van der Waals surface area (Å²) in [6, 6.07) is -1.01. The molecule has 0 heterocycles. The van der Waals surface area contributed by atoms with E-state index in [1.165, 1.54) is 148 Å². The maximum absolute atomic E-state index is 12.5. The fourth-order valence-electron chi connectivity index (χ4n) is 7.28. The highest BCUT2D eigenvalue weighted by atomic mass is 16.3. The van der Waals surface area contributed by atoms with Crippen molar-refractivity contribution in [3.8, 4) is 0 Å². The third kappa shape index (κ3) is 37.8. The molecule has 0 radical (unpaired) electrons. The molecule has 0 spiro atoms. The number of aliphatic hydroxyl groups is 4. The van der Waals surface area contributed by atoms with Crippen molar-refractivity contribution in [2.75, 3.05) is 6.61 Å². The Hall–Kier alpha value is -1.47. The van der Waals surface area contributed by atoms with Gasteiger partial charge >= 0.3 is 0 Å². The number of amides is 1. The van der Waals surface area contributed by atoms with Crippen molar-refractivity contribution in [2.45, 2.75) is 263 Å². The molecule has 1 amide bonds. The average molecular weight is 776 g/mol. The van der Waals surface area contributed by atoms with Crippen molar-refractivity contribution in [1.82, 2.24) is 5.32 Å². The summed E-state index contributed by atoms with van der Waals surface area (Å²) in [4.78, 5) is 12.5. The Morgan fingerprint density at radius 3 is 1.24 bits per heavy atom. The molecule has 0 aliphatic carbocycles. The Bertz CT molecular complexity index is 873. The summed E-state index contributed by atoms with van der Waals surface area (Å²) in [6.07, 6.45) is 51.9. The highest BCUT2D eigenvalue weighted by Crippen LogP contribution is 2.16. The van der Waals surface area contributed by atoms with E-state index in [4.69, 9.17) is 0 Å². The van der Waals surface area contributed by atoms with Gasteiger partial charge in [-0.3, -0.25) is 4.79 Å². The van der Waals surface area contributed by atoms with E-state index in [0.29, 0.717) is 12.8 Å². The van der Waals surface area contributed by atoms with Gasteiger partial charge in [0.05, 0.1) is 18.8 Å². The van der Waals surface area contributed by atoms with Crippen LogP contribution in [0.3, 0.4) is 0 Å². The lowest BCUT2D eigenvalue weighted by molar-refractivity contribution is -0.132. The first-order chi connectivity index (χ1) is 27.0. The fourth-order valence-corrected chi connectivity index (χ4v) is 7.28. The molecular weight excluding hydrogens is 683 g/mol. The number of hydrogen-bond donors (Lipinski definition) is 5. The van der Waals surface area contributed by atoms with Crippen molar-refractivity contribution in [1.29, 1.82) is 0 Å². The van der Waals surface area contributed by atoms with Gasteiger partial charge < -0.3 is 25.7 Å². The third-order valence-corrected chi connectivity index (χ3v) is 11.1. The Balaban J connectivity index is 3.71. The molecule has 0 aliphatic heterocycles. The number of nitrogens with one attached hydrogen (secondary N) is 1. The molecule has 6 nitrogen and oxygen atoms in total. The zero-order chi connectivity index (χ0) is 40.3. The molecule has 0 rings (SSSR count). The molecular formula is C49H93NO5. The number of allylic oxidation sites excluding steroid dienone is 6. The first-order valence-corrected chi connectivity index (χ1v) is 23.9. The molecule has 6 heteroatoms. The van der Waals surface area contributed by atoms with Crippen molar-refractivity contribution >= 4 is 5.91 Å². The van der Waals surface area contributed by atoms with E-state index in [0.717, 1.165) is 64.2 Å². The maximum atomic E-state index is 12.5. The lowest BCUT2D eigenvalue weighted by atomic mass is 10.00. The molecule has 0 aromatic rings. The summed E-state index contributed by atoms with van der Waals surface area (Å²) in [5.41, 5.74) is 0. The summed E-state index contributed by atoms with van der Waals surface area (Å²) in [5, 5.41) is 43.7. The third-order valence-electron chi connectivity index (χ3n) is 11.1. The quantitative estimate of drug-likeness (QED) is 0.0241. The summed E-state index contributed by atoms with van der Waals surface area (Å²) in [6.45, 7) is 4.01. The topological polar surface area (TPSA) is 110 Å². The van der Waals surface area contributed by atoms with Crippen molar-refractivity contribution in [3.05, 3.63) is 36.5 Å². The van der Waals surface area contributed by atoms with E-state index in [1.807, 2.05) is 0 Å². The summed E-state index contributed by atoms with van der Waals surface area (Å²) >= 11 is 0. The summed E-state index contributed by atoms with van der Waals surface area (Å²) in [7, 11) is 0. The Labute approximate surface area is 341 Å². The van der Waals surface area contributed by atoms with Gasteiger partial charge in [0.25, 0.3) is 0 Å². The predicted octanol–water partition coefficient (Wildman–Crippen LogP) is 12.9. The van der Waals surface area contributed by atoms with Crippen LogP contribution in [0.25, 0.3) is 0 Å². The minimum atomic E-state index is -1.29. The van der Waals surface area contributed by atoms with Gasteiger partial charge in [-0.1, -0.05) is 211 Å². The molecule has 0 saturated heterocycles. The minimum Gasteiger partial charge on any atom is -0.394 e. The molecule has 0 saturated carbocycles. The van der Waals surface area contributed by atoms with Crippen LogP contribution < -0.4 is 5.32 Å². The Morgan fingerprint density at radius 2 is 0.800 bits per heavy atom. The van der Waals surface area contributed by atoms with Crippen molar-refractivity contribution < 1.29 is 25.2 Å². The number of rotatable bonds is 43. The number of carbonyl (C=O) groups is 1. The minimum absolute atomic E-state index is 0.345. The number of hydrogen-bond acceptors (Lipinski definition) is 5. The summed E-state index contributed by atoms with van der Waals surface area (Å²) in [5.74, 6) is -0.605. The van der Waals surface area contributed by atoms with Crippen LogP contribution in [0.15, 0.2) is 36.5 Å². The molecule has 5 N–H and O–H groups in total. The summed E-state index contributed by atoms with van der Waals surface area (Å²) < 4.78 is 0. The maximum Gasteiger partial charge on any atom is 0.249 e. The average Bonchev–Trinajstić information content (AvgIpc) is 3.19. The molecule has 0 bridgehead atoms. The standard InChI is InChI=1S/C49H93NO5/c1-3-5-7-9-11-13-15-17-19-20-21-22-23-24-25-26-27-28-29-31-32-34-36-38-40-42-46(52)48(54)45(44-51)50-49(55)47(53)43-41-39-37-35-33-30-18-16-14-12-10-8-6-4-2/h12,14,16,18,34,36,45-48,51-54H,3-11,13,15,17,19-33,35,37-44H2,1-2H3,(H,50,55)/b14-12-,18-16-,36-34+. The normalized spacial score (nSPS) is 14.4. The predicted molar refractivity (Wildman–Crippen MR) is 237 cm³/mol. The van der Waals surface area contributed by atoms with Gasteiger partial charge in [-0.15, -0.1) is 0 Å². The van der Waals surface area contributed by atoms with Crippen LogP contribution in [0.4, 0.5) is 0 Å². The molecule has 0 aromatic carbocycles. The van der Waals surface area contributed by atoms with Crippen LogP contribution in [-0.2, 0) is 4.79 Å². The van der Waals surface area contributed by atoms with Gasteiger partial charge in [0.15, 0.2) is 0 Å².